The molecule has 13 nitrogen and oxygen atoms in total. The molecule has 0 saturated carbocycles. The second-order valence-electron chi connectivity index (χ2n) is 7.31. The molecule has 164 valence electrons. The maximum atomic E-state index is 11.3. The number of β-amino-alcohol motifs (C(OH)–C–C–N with tert-alkyl or cyclic N) is 1. The van der Waals surface area contributed by atoms with Crippen LogP contribution in [0, 0.1) is 10.1 Å². The Labute approximate surface area is 171 Å². The highest BCUT2D eigenvalue weighted by atomic mass is 16.6. The van der Waals surface area contributed by atoms with E-state index in [4.69, 9.17) is 10.3 Å². The fourth-order valence-electron chi connectivity index (χ4n) is 3.75. The van der Waals surface area contributed by atoms with Gasteiger partial charge in [0, 0.05) is 42.8 Å². The van der Waals surface area contributed by atoms with Gasteiger partial charge < -0.3 is 30.1 Å². The molecule has 2 aliphatic rings. The summed E-state index contributed by atoms with van der Waals surface area (Å²) in [6, 6.07) is 3.57. The van der Waals surface area contributed by atoms with E-state index in [0.717, 1.165) is 0 Å². The van der Waals surface area contributed by atoms with Gasteiger partial charge in [-0.3, -0.25) is 15.0 Å². The van der Waals surface area contributed by atoms with Gasteiger partial charge in [0.05, 0.1) is 36.4 Å². The second-order valence-corrected chi connectivity index (χ2v) is 7.31. The van der Waals surface area contributed by atoms with Crippen LogP contribution in [0.1, 0.15) is 0 Å². The van der Waals surface area contributed by atoms with Crippen molar-refractivity contribution < 1.29 is 30.1 Å². The highest BCUT2D eigenvalue weighted by Crippen LogP contribution is 2.35. The van der Waals surface area contributed by atoms with Crippen molar-refractivity contribution in [2.24, 2.45) is 5.11 Å². The maximum Gasteiger partial charge on any atom is 0.292 e. The van der Waals surface area contributed by atoms with Gasteiger partial charge in [0.15, 0.2) is 0 Å². The monoisotopic (exact) mass is 424 g/mol. The molecular weight excluding hydrogens is 400 g/mol. The lowest BCUT2D eigenvalue weighted by Crippen LogP contribution is -2.63. The number of aliphatic hydroxyl groups is 4. The SMILES string of the molecule is [N-]=[N+]=Nc1ccc(N2CC(OCCN3C[C@H](O)[C@@H](O)[C@H](O)[C@H]3CO)C2)c([N+](=O)[O-])c1. The summed E-state index contributed by atoms with van der Waals surface area (Å²) < 4.78 is 5.76. The van der Waals surface area contributed by atoms with E-state index in [1.54, 1.807) is 9.80 Å². The van der Waals surface area contributed by atoms with Crippen molar-refractivity contribution in [2.45, 2.75) is 30.5 Å². The zero-order valence-corrected chi connectivity index (χ0v) is 16.1. The molecule has 4 atom stereocenters. The number of nitro groups is 1. The first-order chi connectivity index (χ1) is 14.3. The number of hydrogen-bond donors (Lipinski definition) is 4. The third kappa shape index (κ3) is 4.63. The van der Waals surface area contributed by atoms with E-state index >= 15 is 0 Å². The van der Waals surface area contributed by atoms with Crippen molar-refractivity contribution in [2.75, 3.05) is 44.3 Å². The van der Waals surface area contributed by atoms with Crippen molar-refractivity contribution in [1.29, 1.82) is 0 Å². The minimum Gasteiger partial charge on any atom is -0.395 e. The molecule has 2 aliphatic heterocycles. The lowest BCUT2D eigenvalue weighted by molar-refractivity contribution is -0.384. The highest BCUT2D eigenvalue weighted by Gasteiger charge is 2.41. The number of anilines is 1. The summed E-state index contributed by atoms with van der Waals surface area (Å²) in [5.41, 5.74) is 8.89. The molecule has 1 aromatic carbocycles. The summed E-state index contributed by atoms with van der Waals surface area (Å²) in [6.07, 6.45) is -3.83. The molecule has 0 radical (unpaired) electrons. The maximum absolute atomic E-state index is 11.3. The third-order valence-electron chi connectivity index (χ3n) is 5.45. The summed E-state index contributed by atoms with van der Waals surface area (Å²) in [5, 5.41) is 53.7. The number of benzene rings is 1. The van der Waals surface area contributed by atoms with Crippen LogP contribution < -0.4 is 4.90 Å². The number of nitrogens with zero attached hydrogens (tertiary/aromatic N) is 6. The standard InChI is InChI=1S/C17H24N6O7/c18-20-19-10-1-2-12(13(5-10)23(28)29)22-6-11(7-22)30-4-3-21-8-15(25)17(27)16(26)14(21)9-24/h1-2,5,11,14-17,24-27H,3-4,6-9H2/t14-,15+,16-,17-/m1/s1. The molecule has 3 rings (SSSR count). The van der Waals surface area contributed by atoms with E-state index in [9.17, 15) is 30.5 Å². The van der Waals surface area contributed by atoms with Crippen LogP contribution in [0.5, 0.6) is 0 Å². The zero-order valence-electron chi connectivity index (χ0n) is 16.1. The van der Waals surface area contributed by atoms with E-state index < -0.39 is 29.3 Å². The van der Waals surface area contributed by atoms with Crippen molar-refractivity contribution in [3.8, 4) is 0 Å². The van der Waals surface area contributed by atoms with Crippen molar-refractivity contribution in [3.05, 3.63) is 38.8 Å². The van der Waals surface area contributed by atoms with Gasteiger partial charge in [-0.25, -0.2) is 0 Å². The zero-order chi connectivity index (χ0) is 21.8. The Hall–Kier alpha value is -2.51. The van der Waals surface area contributed by atoms with Gasteiger partial charge in [-0.2, -0.15) is 0 Å². The lowest BCUT2D eigenvalue weighted by atomic mass is 9.94. The normalized spacial score (nSPS) is 27.4. The van der Waals surface area contributed by atoms with Crippen LogP contribution in [0.3, 0.4) is 0 Å². The molecule has 4 N–H and O–H groups in total. The Morgan fingerprint density at radius 1 is 1.27 bits per heavy atom. The number of piperidine rings is 1. The molecule has 0 spiro atoms. The predicted octanol–water partition coefficient (Wildman–Crippen LogP) is -0.499. The minimum absolute atomic E-state index is 0.104. The van der Waals surface area contributed by atoms with E-state index in [-0.39, 0.29) is 37.2 Å². The molecule has 0 unspecified atom stereocenters. The van der Waals surface area contributed by atoms with E-state index in [0.29, 0.717) is 25.3 Å². The Morgan fingerprint density at radius 3 is 2.63 bits per heavy atom. The van der Waals surface area contributed by atoms with Gasteiger partial charge in [0.2, 0.25) is 0 Å². The first kappa shape index (κ1) is 22.2. The molecule has 0 aromatic heterocycles. The molecule has 2 saturated heterocycles. The Morgan fingerprint density at radius 2 is 2.00 bits per heavy atom. The summed E-state index contributed by atoms with van der Waals surface area (Å²) >= 11 is 0. The van der Waals surface area contributed by atoms with Crippen LogP contribution in [0.25, 0.3) is 10.4 Å². The predicted molar refractivity (Wildman–Crippen MR) is 104 cm³/mol. The highest BCUT2D eigenvalue weighted by molar-refractivity contribution is 5.69. The number of nitro benzene ring substituents is 1. The van der Waals surface area contributed by atoms with Gasteiger partial charge in [0.1, 0.15) is 17.9 Å². The Bertz CT molecular complexity index is 814. The number of aliphatic hydroxyl groups excluding tert-OH is 4. The molecule has 2 fully saturated rings. The summed E-state index contributed by atoms with van der Waals surface area (Å²) in [6.45, 7) is 1.22. The largest absolute Gasteiger partial charge is 0.395 e. The number of rotatable bonds is 8. The molecule has 30 heavy (non-hydrogen) atoms. The molecule has 1 aromatic rings. The quantitative estimate of drug-likeness (QED) is 0.140. The molecule has 0 bridgehead atoms. The number of ether oxygens (including phenoxy) is 1. The van der Waals surface area contributed by atoms with Gasteiger partial charge >= 0.3 is 0 Å². The van der Waals surface area contributed by atoms with Gasteiger partial charge in [-0.05, 0) is 11.6 Å². The van der Waals surface area contributed by atoms with Crippen LogP contribution in [0.4, 0.5) is 17.1 Å². The summed E-state index contributed by atoms with van der Waals surface area (Å²) in [4.78, 5) is 16.9. The molecular formula is C17H24N6O7. The van der Waals surface area contributed by atoms with Crippen LogP contribution in [-0.2, 0) is 4.74 Å². The fraction of sp³-hybridized carbons (Fsp3) is 0.647. The Kier molecular flexibility index (Phi) is 7.05. The van der Waals surface area contributed by atoms with Gasteiger partial charge in [0.25, 0.3) is 5.69 Å². The second kappa shape index (κ2) is 9.53. The minimum atomic E-state index is -1.31. The van der Waals surface area contributed by atoms with E-state index in [1.807, 2.05) is 0 Å². The van der Waals surface area contributed by atoms with E-state index in [2.05, 4.69) is 10.0 Å². The average molecular weight is 424 g/mol. The van der Waals surface area contributed by atoms with Crippen LogP contribution >= 0.6 is 0 Å². The van der Waals surface area contributed by atoms with Gasteiger partial charge in [-0.1, -0.05) is 11.2 Å². The van der Waals surface area contributed by atoms with Gasteiger partial charge in [-0.15, -0.1) is 0 Å². The topological polar surface area (TPSA) is 189 Å². The van der Waals surface area contributed by atoms with Crippen molar-refractivity contribution >= 4 is 17.1 Å². The fourth-order valence-corrected chi connectivity index (χ4v) is 3.75. The Balaban J connectivity index is 1.51. The van der Waals surface area contributed by atoms with E-state index in [1.165, 1.54) is 18.2 Å². The molecule has 0 aliphatic carbocycles. The first-order valence-corrected chi connectivity index (χ1v) is 9.45. The number of hydrogen-bond acceptors (Lipinski definition) is 10. The molecule has 0 amide bonds. The van der Waals surface area contributed by atoms with Crippen LogP contribution in [0.2, 0.25) is 0 Å². The number of likely N-dealkylation sites (tertiary alicyclic amines) is 1. The van der Waals surface area contributed by atoms with Crippen molar-refractivity contribution in [3.63, 3.8) is 0 Å². The number of azide groups is 1. The van der Waals surface area contributed by atoms with Crippen molar-refractivity contribution in [1.82, 2.24) is 4.90 Å². The van der Waals surface area contributed by atoms with Crippen LogP contribution in [0.15, 0.2) is 23.3 Å². The lowest BCUT2D eigenvalue weighted by Gasteiger charge is -2.44. The smallest absolute Gasteiger partial charge is 0.292 e. The third-order valence-corrected chi connectivity index (χ3v) is 5.45. The summed E-state index contributed by atoms with van der Waals surface area (Å²) in [7, 11) is 0. The first-order valence-electron chi connectivity index (χ1n) is 9.45. The summed E-state index contributed by atoms with van der Waals surface area (Å²) in [5.74, 6) is 0. The average Bonchev–Trinajstić information content (AvgIpc) is 2.68. The molecule has 2 heterocycles. The molecule has 13 heteroatoms. The van der Waals surface area contributed by atoms with Crippen LogP contribution in [-0.4, -0.2) is 100 Å².